The zero-order chi connectivity index (χ0) is 24.1. The fourth-order valence-corrected chi connectivity index (χ4v) is 4.98. The maximum atomic E-state index is 13.1. The lowest BCUT2D eigenvalue weighted by molar-refractivity contribution is -0.125. The lowest BCUT2D eigenvalue weighted by atomic mass is 9.88. The highest BCUT2D eigenvalue weighted by Gasteiger charge is 2.22. The first-order chi connectivity index (χ1) is 16.3. The van der Waals surface area contributed by atoms with Gasteiger partial charge >= 0.3 is 5.97 Å². The van der Waals surface area contributed by atoms with Crippen molar-refractivity contribution in [2.24, 2.45) is 0 Å². The van der Waals surface area contributed by atoms with Gasteiger partial charge in [-0.05, 0) is 72.9 Å². The number of ether oxygens (including phenoxy) is 1. The van der Waals surface area contributed by atoms with Crippen molar-refractivity contribution < 1.29 is 27.1 Å². The highest BCUT2D eigenvalue weighted by Crippen LogP contribution is 2.29. The fraction of sp³-hybridized carbons (Fsp3) is 0.200. The van der Waals surface area contributed by atoms with Crippen molar-refractivity contribution in [2.75, 3.05) is 11.3 Å². The second-order valence-corrected chi connectivity index (χ2v) is 9.61. The summed E-state index contributed by atoms with van der Waals surface area (Å²) in [5.74, 6) is -1.75. The Morgan fingerprint density at radius 1 is 1.00 bits per heavy atom. The number of halogens is 1. The second-order valence-electron chi connectivity index (χ2n) is 7.93. The van der Waals surface area contributed by atoms with Crippen LogP contribution < -0.4 is 10.0 Å². The fourth-order valence-electron chi connectivity index (χ4n) is 3.88. The number of benzene rings is 3. The summed E-state index contributed by atoms with van der Waals surface area (Å²) in [7, 11) is -4.02. The normalized spacial score (nSPS) is 15.1. The molecule has 7 nitrogen and oxygen atoms in total. The van der Waals surface area contributed by atoms with E-state index in [1.54, 1.807) is 0 Å². The van der Waals surface area contributed by atoms with E-state index in [0.29, 0.717) is 0 Å². The summed E-state index contributed by atoms with van der Waals surface area (Å²) in [6, 6.07) is 17.9. The van der Waals surface area contributed by atoms with Crippen molar-refractivity contribution in [2.45, 2.75) is 30.2 Å². The molecule has 0 bridgehead atoms. The largest absolute Gasteiger partial charge is 0.452 e. The molecule has 1 atom stereocenters. The highest BCUT2D eigenvalue weighted by atomic mass is 32.2. The molecule has 3 aromatic carbocycles. The van der Waals surface area contributed by atoms with Crippen LogP contribution in [-0.2, 0) is 26.0 Å². The molecule has 0 radical (unpaired) electrons. The van der Waals surface area contributed by atoms with Gasteiger partial charge in [0.2, 0.25) is 0 Å². The third-order valence-electron chi connectivity index (χ3n) is 5.52. The summed E-state index contributed by atoms with van der Waals surface area (Å²) in [5, 5.41) is 2.90. The maximum Gasteiger partial charge on any atom is 0.338 e. The van der Waals surface area contributed by atoms with Gasteiger partial charge in [0.05, 0.1) is 16.5 Å². The first-order valence-electron chi connectivity index (χ1n) is 10.7. The Bertz CT molecular complexity index is 1310. The second kappa shape index (κ2) is 10.0. The van der Waals surface area contributed by atoms with Crippen LogP contribution in [0.1, 0.15) is 40.4 Å². The zero-order valence-corrected chi connectivity index (χ0v) is 19.0. The number of nitrogens with one attached hydrogen (secondary N) is 2. The molecule has 1 unspecified atom stereocenters. The molecule has 0 aromatic heterocycles. The third-order valence-corrected chi connectivity index (χ3v) is 6.89. The molecule has 1 amide bonds. The van der Waals surface area contributed by atoms with Crippen LogP contribution in [0.4, 0.5) is 10.1 Å². The van der Waals surface area contributed by atoms with Crippen LogP contribution in [0.25, 0.3) is 0 Å². The number of fused-ring (bicyclic) bond motifs is 1. The highest BCUT2D eigenvalue weighted by molar-refractivity contribution is 7.92. The molecule has 34 heavy (non-hydrogen) atoms. The van der Waals surface area contributed by atoms with E-state index >= 15 is 0 Å². The van der Waals surface area contributed by atoms with Gasteiger partial charge in [-0.25, -0.2) is 17.6 Å². The van der Waals surface area contributed by atoms with Gasteiger partial charge in [-0.3, -0.25) is 9.52 Å². The van der Waals surface area contributed by atoms with E-state index in [4.69, 9.17) is 4.74 Å². The van der Waals surface area contributed by atoms with Gasteiger partial charge < -0.3 is 10.1 Å². The average molecular weight is 483 g/mol. The topological polar surface area (TPSA) is 102 Å². The molecule has 0 fully saturated rings. The molecule has 0 saturated carbocycles. The van der Waals surface area contributed by atoms with Crippen molar-refractivity contribution in [3.05, 3.63) is 95.3 Å². The number of anilines is 1. The van der Waals surface area contributed by atoms with Crippen LogP contribution in [0.2, 0.25) is 0 Å². The predicted molar refractivity (Wildman–Crippen MR) is 124 cm³/mol. The number of carbonyl (C=O) groups is 2. The van der Waals surface area contributed by atoms with Crippen LogP contribution in [0.15, 0.2) is 77.7 Å². The van der Waals surface area contributed by atoms with E-state index in [-0.39, 0.29) is 22.2 Å². The van der Waals surface area contributed by atoms with Crippen LogP contribution in [-0.4, -0.2) is 26.9 Å². The lowest BCUT2D eigenvalue weighted by Crippen LogP contribution is -2.34. The molecule has 1 aliphatic carbocycles. The number of rotatable bonds is 7. The SMILES string of the molecule is O=C(COC(=O)c1cccc(S(=O)(=O)Nc2ccc(F)cc2)c1)NC1CCCc2ccccc21. The molecule has 0 spiro atoms. The van der Waals surface area contributed by atoms with E-state index in [1.807, 2.05) is 24.3 Å². The van der Waals surface area contributed by atoms with Crippen LogP contribution in [0.3, 0.4) is 0 Å². The predicted octanol–water partition coefficient (Wildman–Crippen LogP) is 3.98. The number of amides is 1. The Labute approximate surface area is 197 Å². The minimum absolute atomic E-state index is 0.0159. The number of esters is 1. The maximum absolute atomic E-state index is 13.1. The molecule has 0 heterocycles. The molecule has 0 aliphatic heterocycles. The molecule has 4 rings (SSSR count). The van der Waals surface area contributed by atoms with Gasteiger partial charge in [-0.15, -0.1) is 0 Å². The number of hydrogen-bond acceptors (Lipinski definition) is 5. The minimum Gasteiger partial charge on any atom is -0.452 e. The van der Waals surface area contributed by atoms with Crippen LogP contribution in [0, 0.1) is 5.82 Å². The minimum atomic E-state index is -4.02. The first kappa shape index (κ1) is 23.4. The number of aryl methyl sites for hydroxylation is 1. The van der Waals surface area contributed by atoms with Gasteiger partial charge in [0.15, 0.2) is 6.61 Å². The number of carbonyl (C=O) groups excluding carboxylic acids is 2. The molecular formula is C25H23FN2O5S. The lowest BCUT2D eigenvalue weighted by Gasteiger charge is -2.26. The Hall–Kier alpha value is -3.72. The average Bonchev–Trinajstić information content (AvgIpc) is 2.84. The van der Waals surface area contributed by atoms with Crippen molar-refractivity contribution in [1.29, 1.82) is 0 Å². The van der Waals surface area contributed by atoms with Crippen LogP contribution in [0.5, 0.6) is 0 Å². The van der Waals surface area contributed by atoms with Gasteiger partial charge in [0, 0.05) is 5.69 Å². The molecule has 9 heteroatoms. The molecule has 1 aliphatic rings. The summed E-state index contributed by atoms with van der Waals surface area (Å²) in [6.45, 7) is -0.484. The van der Waals surface area contributed by atoms with Crippen molar-refractivity contribution in [3.8, 4) is 0 Å². The third kappa shape index (κ3) is 5.60. The zero-order valence-electron chi connectivity index (χ0n) is 18.2. The summed E-state index contributed by atoms with van der Waals surface area (Å²) >= 11 is 0. The number of hydrogen-bond donors (Lipinski definition) is 2. The van der Waals surface area contributed by atoms with Crippen molar-refractivity contribution in [1.82, 2.24) is 5.32 Å². The van der Waals surface area contributed by atoms with Gasteiger partial charge in [0.1, 0.15) is 5.82 Å². The van der Waals surface area contributed by atoms with E-state index in [0.717, 1.165) is 43.0 Å². The Kier molecular flexibility index (Phi) is 6.93. The quantitative estimate of drug-likeness (QED) is 0.496. The summed E-state index contributed by atoms with van der Waals surface area (Å²) in [5.41, 5.74) is 2.43. The van der Waals surface area contributed by atoms with Crippen molar-refractivity contribution in [3.63, 3.8) is 0 Å². The van der Waals surface area contributed by atoms with Gasteiger partial charge in [0.25, 0.3) is 15.9 Å². The van der Waals surface area contributed by atoms with Gasteiger partial charge in [-0.2, -0.15) is 0 Å². The summed E-state index contributed by atoms with van der Waals surface area (Å²) in [6.07, 6.45) is 2.72. The van der Waals surface area contributed by atoms with E-state index < -0.39 is 34.3 Å². The van der Waals surface area contributed by atoms with E-state index in [2.05, 4.69) is 10.0 Å². The molecular weight excluding hydrogens is 459 g/mol. The smallest absolute Gasteiger partial charge is 0.338 e. The Morgan fingerprint density at radius 3 is 2.56 bits per heavy atom. The summed E-state index contributed by atoms with van der Waals surface area (Å²) < 4.78 is 45.7. The van der Waals surface area contributed by atoms with Gasteiger partial charge in [-0.1, -0.05) is 30.3 Å². The summed E-state index contributed by atoms with van der Waals surface area (Å²) in [4.78, 5) is 24.7. The Balaban J connectivity index is 1.37. The molecule has 0 saturated heterocycles. The Morgan fingerprint density at radius 2 is 1.76 bits per heavy atom. The van der Waals surface area contributed by atoms with Crippen LogP contribution >= 0.6 is 0 Å². The molecule has 2 N–H and O–H groups in total. The monoisotopic (exact) mass is 482 g/mol. The molecule has 176 valence electrons. The molecule has 3 aromatic rings. The van der Waals surface area contributed by atoms with E-state index in [1.165, 1.54) is 35.9 Å². The van der Waals surface area contributed by atoms with E-state index in [9.17, 15) is 22.4 Å². The number of sulfonamides is 1. The standard InChI is InChI=1S/C25H23FN2O5S/c26-19-11-13-20(14-12-19)28-34(31,32)21-8-3-7-18(15-21)25(30)33-16-24(29)27-23-10-4-6-17-5-1-2-9-22(17)23/h1-3,5,7-9,11-15,23,28H,4,6,10,16H2,(H,27,29). The first-order valence-corrected chi connectivity index (χ1v) is 12.2. The van der Waals surface area contributed by atoms with Crippen molar-refractivity contribution >= 4 is 27.6 Å².